The van der Waals surface area contributed by atoms with E-state index in [1.54, 1.807) is 12.1 Å². The number of urea groups is 1. The lowest BCUT2D eigenvalue weighted by Gasteiger charge is -2.04. The highest BCUT2D eigenvalue weighted by Gasteiger charge is 2.16. The highest BCUT2D eigenvalue weighted by Crippen LogP contribution is 2.29. The number of anilines is 1. The van der Waals surface area contributed by atoms with Crippen LogP contribution < -0.4 is 10.6 Å². The summed E-state index contributed by atoms with van der Waals surface area (Å²) in [5.74, 6) is -0.0119. The van der Waals surface area contributed by atoms with Crippen LogP contribution in [0.15, 0.2) is 28.7 Å². The number of halogens is 1. The average molecular weight is 347 g/mol. The van der Waals surface area contributed by atoms with Crippen LogP contribution in [0.1, 0.15) is 16.3 Å². The number of carbonyl (C=O) groups excluding carboxylic acids is 1. The molecule has 0 unspecified atom stereocenters. The summed E-state index contributed by atoms with van der Waals surface area (Å²) in [5, 5.41) is 13.7. The molecule has 0 spiro atoms. The van der Waals surface area contributed by atoms with Gasteiger partial charge < -0.3 is 9.73 Å². The van der Waals surface area contributed by atoms with E-state index in [0.717, 1.165) is 21.1 Å². The van der Waals surface area contributed by atoms with Crippen molar-refractivity contribution in [2.45, 2.75) is 20.4 Å². The van der Waals surface area contributed by atoms with Gasteiger partial charge in [-0.3, -0.25) is 5.32 Å². The number of nitrogens with one attached hydrogen (secondary N) is 2. The first-order valence-corrected chi connectivity index (χ1v) is 7.90. The molecule has 2 N–H and O–H groups in total. The molecule has 124 valence electrons. The zero-order valence-corrected chi connectivity index (χ0v) is 13.8. The van der Waals surface area contributed by atoms with Crippen LogP contribution in [0.25, 0.3) is 10.8 Å². The van der Waals surface area contributed by atoms with Crippen LogP contribution in [-0.2, 0) is 6.54 Å². The zero-order chi connectivity index (χ0) is 17.1. The molecule has 0 fully saturated rings. The van der Waals surface area contributed by atoms with Crippen LogP contribution in [0.2, 0.25) is 0 Å². The Labute approximate surface area is 140 Å². The molecule has 0 radical (unpaired) electrons. The van der Waals surface area contributed by atoms with Crippen LogP contribution >= 0.6 is 11.3 Å². The molecule has 2 aromatic heterocycles. The van der Waals surface area contributed by atoms with Gasteiger partial charge in [-0.2, -0.15) is 0 Å². The summed E-state index contributed by atoms with van der Waals surface area (Å²) < 4.78 is 18.2. The second-order valence-electron chi connectivity index (χ2n) is 4.99. The van der Waals surface area contributed by atoms with E-state index < -0.39 is 6.03 Å². The summed E-state index contributed by atoms with van der Waals surface area (Å²) in [6, 6.07) is 5.35. The zero-order valence-electron chi connectivity index (χ0n) is 13.0. The second kappa shape index (κ2) is 6.75. The van der Waals surface area contributed by atoms with E-state index in [9.17, 15) is 9.18 Å². The topological polar surface area (TPSA) is 92.9 Å². The fourth-order valence-corrected chi connectivity index (χ4v) is 2.86. The van der Waals surface area contributed by atoms with Crippen LogP contribution in [0.5, 0.6) is 0 Å². The minimum absolute atomic E-state index is 0.00735. The molecule has 2 amide bonds. The standard InChI is InChI=1S/C15H14FN5O2S/c1-8-12(24-9(2)18-8)13-20-21-15(23-13)19-14(22)17-7-10-3-5-11(16)6-4-10/h3-6H,7H2,1-2H3,(H2,17,19,21,22). The maximum absolute atomic E-state index is 12.8. The van der Waals surface area contributed by atoms with Crippen molar-refractivity contribution in [1.29, 1.82) is 0 Å². The van der Waals surface area contributed by atoms with Gasteiger partial charge >= 0.3 is 12.0 Å². The normalized spacial score (nSPS) is 10.6. The third-order valence-electron chi connectivity index (χ3n) is 3.11. The first-order valence-electron chi connectivity index (χ1n) is 7.08. The number of amides is 2. The Hall–Kier alpha value is -2.81. The van der Waals surface area contributed by atoms with Gasteiger partial charge in [0.1, 0.15) is 10.7 Å². The van der Waals surface area contributed by atoms with Gasteiger partial charge in [-0.05, 0) is 31.5 Å². The molecule has 0 saturated carbocycles. The number of hydrogen-bond donors (Lipinski definition) is 2. The molecule has 3 rings (SSSR count). The predicted octanol–water partition coefficient (Wildman–Crippen LogP) is 3.27. The van der Waals surface area contributed by atoms with E-state index in [1.807, 2.05) is 13.8 Å². The van der Waals surface area contributed by atoms with Crippen molar-refractivity contribution in [2.24, 2.45) is 0 Å². The predicted molar refractivity (Wildman–Crippen MR) is 87.1 cm³/mol. The molecule has 0 bridgehead atoms. The van der Waals surface area contributed by atoms with E-state index in [1.165, 1.54) is 23.5 Å². The van der Waals surface area contributed by atoms with Crippen LogP contribution in [0, 0.1) is 19.7 Å². The van der Waals surface area contributed by atoms with Crippen molar-refractivity contribution in [3.63, 3.8) is 0 Å². The molecule has 3 aromatic rings. The summed E-state index contributed by atoms with van der Waals surface area (Å²) >= 11 is 1.44. The number of benzene rings is 1. The monoisotopic (exact) mass is 347 g/mol. The molecular formula is C15H14FN5O2S. The van der Waals surface area contributed by atoms with Crippen molar-refractivity contribution < 1.29 is 13.6 Å². The molecular weight excluding hydrogens is 333 g/mol. The number of nitrogens with zero attached hydrogens (tertiary/aromatic N) is 3. The van der Waals surface area contributed by atoms with Gasteiger partial charge in [0.2, 0.25) is 0 Å². The lowest BCUT2D eigenvalue weighted by atomic mass is 10.2. The molecule has 24 heavy (non-hydrogen) atoms. The number of aryl methyl sites for hydroxylation is 2. The first-order chi connectivity index (χ1) is 11.5. The van der Waals surface area contributed by atoms with Gasteiger partial charge in [0.25, 0.3) is 5.89 Å². The first kappa shape index (κ1) is 16.1. The molecule has 0 aliphatic heterocycles. The van der Waals surface area contributed by atoms with Gasteiger partial charge in [-0.25, -0.2) is 14.2 Å². The lowest BCUT2D eigenvalue weighted by molar-refractivity contribution is 0.251. The number of hydrogen-bond acceptors (Lipinski definition) is 6. The Bertz CT molecular complexity index is 859. The Morgan fingerprint density at radius 2 is 2.00 bits per heavy atom. The Morgan fingerprint density at radius 1 is 1.25 bits per heavy atom. The van der Waals surface area contributed by atoms with Crippen molar-refractivity contribution >= 4 is 23.4 Å². The maximum Gasteiger partial charge on any atom is 0.324 e. The summed E-state index contributed by atoms with van der Waals surface area (Å²) in [6.45, 7) is 3.99. The number of thiazole rings is 1. The number of aromatic nitrogens is 3. The van der Waals surface area contributed by atoms with Crippen LogP contribution in [0.3, 0.4) is 0 Å². The maximum atomic E-state index is 12.8. The summed E-state index contributed by atoms with van der Waals surface area (Å²) in [7, 11) is 0. The SMILES string of the molecule is Cc1nc(C)c(-c2nnc(NC(=O)NCc3ccc(F)cc3)o2)s1. The Morgan fingerprint density at radius 3 is 2.67 bits per heavy atom. The van der Waals surface area contributed by atoms with Crippen molar-refractivity contribution in [2.75, 3.05) is 5.32 Å². The van der Waals surface area contributed by atoms with E-state index in [-0.39, 0.29) is 18.4 Å². The van der Waals surface area contributed by atoms with Gasteiger partial charge in [-0.15, -0.1) is 16.4 Å². The third kappa shape index (κ3) is 3.74. The molecule has 0 saturated heterocycles. The molecule has 9 heteroatoms. The Balaban J connectivity index is 1.59. The quantitative estimate of drug-likeness (QED) is 0.755. The minimum Gasteiger partial charge on any atom is -0.402 e. The fourth-order valence-electron chi connectivity index (χ4n) is 2.02. The number of rotatable bonds is 4. The van der Waals surface area contributed by atoms with Gasteiger partial charge in [0.05, 0.1) is 10.7 Å². The van der Waals surface area contributed by atoms with Crippen molar-refractivity contribution in [1.82, 2.24) is 20.5 Å². The van der Waals surface area contributed by atoms with E-state index >= 15 is 0 Å². The van der Waals surface area contributed by atoms with Gasteiger partial charge in [-0.1, -0.05) is 17.2 Å². The van der Waals surface area contributed by atoms with Crippen molar-refractivity contribution in [3.05, 3.63) is 46.3 Å². The molecule has 1 aromatic carbocycles. The third-order valence-corrected chi connectivity index (χ3v) is 4.17. The van der Waals surface area contributed by atoms with E-state index in [0.29, 0.717) is 5.89 Å². The second-order valence-corrected chi connectivity index (χ2v) is 6.20. The van der Waals surface area contributed by atoms with E-state index in [4.69, 9.17) is 4.42 Å². The lowest BCUT2D eigenvalue weighted by Crippen LogP contribution is -2.28. The molecule has 0 aliphatic rings. The molecule has 0 aliphatic carbocycles. The van der Waals surface area contributed by atoms with E-state index in [2.05, 4.69) is 25.8 Å². The molecule has 0 atom stereocenters. The van der Waals surface area contributed by atoms with Gasteiger partial charge in [0.15, 0.2) is 0 Å². The summed E-state index contributed by atoms with van der Waals surface area (Å²) in [4.78, 5) is 16.9. The average Bonchev–Trinajstić information content (AvgIpc) is 3.12. The smallest absolute Gasteiger partial charge is 0.324 e. The largest absolute Gasteiger partial charge is 0.402 e. The molecule has 7 nitrogen and oxygen atoms in total. The van der Waals surface area contributed by atoms with Gasteiger partial charge in [0, 0.05) is 6.54 Å². The highest BCUT2D eigenvalue weighted by atomic mass is 32.1. The minimum atomic E-state index is -0.494. The molecule has 2 heterocycles. The summed E-state index contributed by atoms with van der Waals surface area (Å²) in [6.07, 6.45) is 0. The number of carbonyl (C=O) groups is 1. The Kier molecular flexibility index (Phi) is 4.52. The highest BCUT2D eigenvalue weighted by molar-refractivity contribution is 7.15. The van der Waals surface area contributed by atoms with Crippen molar-refractivity contribution in [3.8, 4) is 10.8 Å². The van der Waals surface area contributed by atoms with Crippen LogP contribution in [-0.4, -0.2) is 21.2 Å². The van der Waals surface area contributed by atoms with Crippen LogP contribution in [0.4, 0.5) is 15.2 Å². The summed E-state index contributed by atoms with van der Waals surface area (Å²) in [5.41, 5.74) is 1.57. The fraction of sp³-hybridized carbons (Fsp3) is 0.200.